The molecule has 6 aliphatic rings. The number of fused-ring (bicyclic) bond motifs is 4. The lowest BCUT2D eigenvalue weighted by molar-refractivity contribution is -0.134. The van der Waals surface area contributed by atoms with E-state index in [9.17, 15) is 23.2 Å². The number of aryl methyl sites for hydroxylation is 1. The second kappa shape index (κ2) is 18.0. The Kier molecular flexibility index (Phi) is 11.8. The number of nitrogens with zero attached hydrogens (tertiary/aromatic N) is 10. The summed E-state index contributed by atoms with van der Waals surface area (Å²) in [5.74, 6) is -0.183. The van der Waals surface area contributed by atoms with Gasteiger partial charge in [0.25, 0.3) is 12.3 Å². The number of imide groups is 1. The third kappa shape index (κ3) is 8.58. The monoisotopic (exact) mass is 908 g/mol. The minimum Gasteiger partial charge on any atom is -0.375 e. The first kappa shape index (κ1) is 43.2. The first-order valence-corrected chi connectivity index (χ1v) is 23.9. The van der Waals surface area contributed by atoms with Gasteiger partial charge in [-0.15, -0.1) is 0 Å². The predicted octanol–water partition coefficient (Wildman–Crippen LogP) is 5.38. The molecule has 2 N–H and O–H groups in total. The number of para-hydroxylation sites is 1. The van der Waals surface area contributed by atoms with Crippen LogP contribution in [0.3, 0.4) is 0 Å². The van der Waals surface area contributed by atoms with Crippen molar-refractivity contribution in [2.75, 3.05) is 56.1 Å². The lowest BCUT2D eigenvalue weighted by atomic mass is 9.85. The van der Waals surface area contributed by atoms with Gasteiger partial charge in [0.2, 0.25) is 11.8 Å². The molecule has 1 aromatic carbocycles. The molecule has 0 spiro atoms. The highest BCUT2D eigenvalue weighted by atomic mass is 19.3. The SMILES string of the molecule is Cn1nc(C2CCC(=O)NC2=O)c2cccc(CN3CCC(OC4CCN(CC5CCC(n6cc(NC(=O)c7cnn8ccc(N9C[C@H]%10C[C@@H]9CO%10)nc78)c(C(F)F)n6)CC5)CC4)CC3)c21. The number of likely N-dealkylation sites (tertiary alicyclic amines) is 2. The van der Waals surface area contributed by atoms with Crippen molar-refractivity contribution >= 4 is 45.8 Å². The molecule has 17 nitrogen and oxygen atoms in total. The molecule has 1 aliphatic carbocycles. The van der Waals surface area contributed by atoms with E-state index in [1.807, 2.05) is 29.9 Å². The fourth-order valence-electron chi connectivity index (χ4n) is 11.6. The maximum absolute atomic E-state index is 14.3. The summed E-state index contributed by atoms with van der Waals surface area (Å²) in [6.45, 7) is 7.16. The molecule has 5 aliphatic heterocycles. The average Bonchev–Trinajstić information content (AvgIpc) is 4.18. The number of carbonyl (C=O) groups excluding carboxylic acids is 3. The van der Waals surface area contributed by atoms with Crippen molar-refractivity contribution in [2.45, 2.75) is 120 Å². The van der Waals surface area contributed by atoms with Crippen LogP contribution in [0.4, 0.5) is 20.3 Å². The van der Waals surface area contributed by atoms with Gasteiger partial charge in [-0.25, -0.2) is 18.3 Å². The second-order valence-electron chi connectivity index (χ2n) is 19.4. The van der Waals surface area contributed by atoms with E-state index < -0.39 is 23.9 Å². The van der Waals surface area contributed by atoms with Crippen LogP contribution in [0.25, 0.3) is 16.6 Å². The van der Waals surface area contributed by atoms with Crippen LogP contribution in [0.2, 0.25) is 0 Å². The Labute approximate surface area is 381 Å². The van der Waals surface area contributed by atoms with Crippen LogP contribution in [0.15, 0.2) is 42.9 Å². The van der Waals surface area contributed by atoms with E-state index in [0.29, 0.717) is 31.0 Å². The summed E-state index contributed by atoms with van der Waals surface area (Å²) in [5.41, 5.74) is 3.13. The predicted molar refractivity (Wildman–Crippen MR) is 239 cm³/mol. The Balaban J connectivity index is 0.628. The third-order valence-electron chi connectivity index (χ3n) is 15.1. The number of amides is 3. The van der Waals surface area contributed by atoms with Gasteiger partial charge in [0.1, 0.15) is 11.4 Å². The van der Waals surface area contributed by atoms with E-state index in [1.165, 1.54) is 16.3 Å². The van der Waals surface area contributed by atoms with Gasteiger partial charge in [-0.1, -0.05) is 18.2 Å². The lowest BCUT2D eigenvalue weighted by Gasteiger charge is -2.39. The van der Waals surface area contributed by atoms with Gasteiger partial charge in [0.05, 0.1) is 66.0 Å². The van der Waals surface area contributed by atoms with Crippen LogP contribution in [0, 0.1) is 5.92 Å². The number of hydrogen-bond acceptors (Lipinski definition) is 12. The fraction of sp³-hybridized carbons (Fsp3) is 0.596. The number of rotatable bonds is 12. The molecule has 3 amide bonds. The van der Waals surface area contributed by atoms with Crippen LogP contribution >= 0.6 is 0 Å². The minimum atomic E-state index is -2.84. The summed E-state index contributed by atoms with van der Waals surface area (Å²) in [4.78, 5) is 50.0. The first-order chi connectivity index (χ1) is 32.1. The molecule has 66 heavy (non-hydrogen) atoms. The van der Waals surface area contributed by atoms with Crippen molar-refractivity contribution in [3.63, 3.8) is 0 Å². The van der Waals surface area contributed by atoms with Crippen LogP contribution in [0.5, 0.6) is 0 Å². The van der Waals surface area contributed by atoms with Crippen LogP contribution in [-0.2, 0) is 32.7 Å². The highest BCUT2D eigenvalue weighted by Gasteiger charge is 2.40. The third-order valence-corrected chi connectivity index (χ3v) is 15.1. The summed E-state index contributed by atoms with van der Waals surface area (Å²) in [5, 5.41) is 19.6. The number of alkyl halides is 2. The highest BCUT2D eigenvalue weighted by molar-refractivity contribution is 6.08. The molecule has 5 aromatic rings. The Bertz CT molecular complexity index is 2610. The van der Waals surface area contributed by atoms with Crippen molar-refractivity contribution < 1.29 is 32.6 Å². The van der Waals surface area contributed by atoms with Crippen molar-refractivity contribution in [2.24, 2.45) is 13.0 Å². The van der Waals surface area contributed by atoms with E-state index in [-0.39, 0.29) is 53.5 Å². The van der Waals surface area contributed by atoms with E-state index in [1.54, 1.807) is 17.1 Å². The molecule has 11 rings (SSSR count). The average molecular weight is 909 g/mol. The number of hydrogen-bond donors (Lipinski definition) is 2. The smallest absolute Gasteiger partial charge is 0.284 e. The van der Waals surface area contributed by atoms with E-state index in [4.69, 9.17) is 19.6 Å². The number of carbonyl (C=O) groups is 3. The zero-order valence-electron chi connectivity index (χ0n) is 37.4. The number of benzene rings is 1. The lowest BCUT2D eigenvalue weighted by Crippen LogP contribution is -2.43. The largest absolute Gasteiger partial charge is 0.375 e. The standard InChI is InChI=1S/C47H58F2N12O5/c1-56-43-29(3-2-4-35(43)41(54-56)36-9-10-40(62)53-46(36)63)24-58-18-13-33(14-19-58)66-32-11-16-57(17-12-32)23-28-5-7-30(8-6-28)61-26-38(42(55-61)44(48)49)51-47(64)37-22-50-60-20-15-39(52-45(37)60)59-25-34-21-31(59)27-65-34/h2-4,15,20,22,26,28,30-34,36,44H,5-14,16-19,21,23-25,27H2,1H3,(H,51,64)(H,53,62,63)/t28?,30?,31-,34-,36?/m1/s1. The maximum atomic E-state index is 14.3. The summed E-state index contributed by atoms with van der Waals surface area (Å²) < 4.78 is 46.2. The molecule has 3 atom stereocenters. The molecular weight excluding hydrogens is 851 g/mol. The van der Waals surface area contributed by atoms with E-state index in [2.05, 4.69) is 41.6 Å². The Morgan fingerprint density at radius 1 is 0.955 bits per heavy atom. The van der Waals surface area contributed by atoms with Gasteiger partial charge in [-0.3, -0.25) is 34.0 Å². The molecule has 350 valence electrons. The van der Waals surface area contributed by atoms with Crippen molar-refractivity contribution in [1.29, 1.82) is 0 Å². The summed E-state index contributed by atoms with van der Waals surface area (Å²) in [6, 6.07) is 8.33. The summed E-state index contributed by atoms with van der Waals surface area (Å²) >= 11 is 0. The van der Waals surface area contributed by atoms with Gasteiger partial charge in [-0.05, 0) is 81.8 Å². The molecule has 2 bridgehead atoms. The van der Waals surface area contributed by atoms with Crippen molar-refractivity contribution in [3.05, 3.63) is 65.4 Å². The molecule has 19 heteroatoms. The zero-order valence-corrected chi connectivity index (χ0v) is 37.4. The number of anilines is 2. The van der Waals surface area contributed by atoms with E-state index >= 15 is 0 Å². The highest BCUT2D eigenvalue weighted by Crippen LogP contribution is 2.37. The number of aromatic nitrogens is 7. The van der Waals surface area contributed by atoms with Gasteiger partial charge in [-0.2, -0.15) is 15.3 Å². The topological polar surface area (TPSA) is 169 Å². The second-order valence-corrected chi connectivity index (χ2v) is 19.4. The molecule has 0 radical (unpaired) electrons. The van der Waals surface area contributed by atoms with Gasteiger partial charge >= 0.3 is 0 Å². The molecule has 5 saturated heterocycles. The first-order valence-electron chi connectivity index (χ1n) is 23.9. The molecule has 1 saturated carbocycles. The van der Waals surface area contributed by atoms with Gasteiger partial charge < -0.3 is 24.6 Å². The minimum absolute atomic E-state index is 0.0133. The van der Waals surface area contributed by atoms with Crippen molar-refractivity contribution in [3.8, 4) is 0 Å². The normalized spacial score (nSPS) is 26.1. The van der Waals surface area contributed by atoms with Gasteiger partial charge in [0, 0.05) is 77.1 Å². The van der Waals surface area contributed by atoms with Crippen LogP contribution in [0.1, 0.15) is 116 Å². The number of ether oxygens (including phenoxy) is 2. The summed E-state index contributed by atoms with van der Waals surface area (Å²) in [6.07, 6.45) is 12.1. The Hall–Kier alpha value is -5.37. The number of nitrogens with one attached hydrogen (secondary N) is 2. The van der Waals surface area contributed by atoms with Gasteiger partial charge in [0.15, 0.2) is 11.3 Å². The Morgan fingerprint density at radius 2 is 1.73 bits per heavy atom. The van der Waals surface area contributed by atoms with E-state index in [0.717, 1.165) is 126 Å². The zero-order chi connectivity index (χ0) is 45.1. The molecule has 6 fully saturated rings. The van der Waals surface area contributed by atoms with Crippen LogP contribution in [-0.4, -0.2) is 132 Å². The number of piperidine rings is 3. The molecule has 4 aromatic heterocycles. The Morgan fingerprint density at radius 3 is 2.44 bits per heavy atom. The quantitative estimate of drug-likeness (QED) is 0.154. The van der Waals surface area contributed by atoms with Crippen molar-refractivity contribution in [1.82, 2.24) is 49.3 Å². The molecule has 1 unspecified atom stereocenters. The number of halogens is 2. The fourth-order valence-corrected chi connectivity index (χ4v) is 11.6. The number of morpholine rings is 1. The summed E-state index contributed by atoms with van der Waals surface area (Å²) in [7, 11) is 1.93. The molecular formula is C47H58F2N12O5. The maximum Gasteiger partial charge on any atom is 0.284 e. The van der Waals surface area contributed by atoms with Crippen LogP contribution < -0.4 is 15.5 Å². The molecule has 9 heterocycles.